The Kier molecular flexibility index (Phi) is 5.28. The van der Waals surface area contributed by atoms with Crippen LogP contribution in [0, 0.1) is 13.8 Å². The van der Waals surface area contributed by atoms with E-state index in [0.717, 1.165) is 28.5 Å². The first kappa shape index (κ1) is 19.5. The van der Waals surface area contributed by atoms with Crippen molar-refractivity contribution in [2.75, 3.05) is 4.90 Å². The van der Waals surface area contributed by atoms with Gasteiger partial charge in [0.25, 0.3) is 0 Å². The molecule has 0 spiro atoms. The third kappa shape index (κ3) is 3.85. The van der Waals surface area contributed by atoms with E-state index in [1.807, 2.05) is 50.4 Å². The Morgan fingerprint density at radius 2 is 1.86 bits per heavy atom. The summed E-state index contributed by atoms with van der Waals surface area (Å²) in [5.74, 6) is 0.855. The Morgan fingerprint density at radius 3 is 2.45 bits per heavy atom. The van der Waals surface area contributed by atoms with Crippen molar-refractivity contribution in [3.05, 3.63) is 77.4 Å². The summed E-state index contributed by atoms with van der Waals surface area (Å²) in [6, 6.07) is 16.3. The van der Waals surface area contributed by atoms with Gasteiger partial charge in [0.15, 0.2) is 5.11 Å². The van der Waals surface area contributed by atoms with Crippen LogP contribution in [0.2, 0.25) is 0 Å². The third-order valence-corrected chi connectivity index (χ3v) is 5.41. The van der Waals surface area contributed by atoms with Crippen LogP contribution in [0.3, 0.4) is 0 Å². The number of hydrogen-bond acceptors (Lipinski definition) is 3. The molecule has 1 fully saturated rings. The van der Waals surface area contributed by atoms with Crippen LogP contribution in [0.5, 0.6) is 5.75 Å². The third-order valence-electron chi connectivity index (χ3n) is 5.09. The average Bonchev–Trinajstić information content (AvgIpc) is 3.21. The molecule has 3 aromatic rings. The number of H-pyrrole nitrogens is 1. The Morgan fingerprint density at radius 1 is 1.10 bits per heavy atom. The molecular formula is C23H26N4OS. The maximum Gasteiger partial charge on any atom is 0.174 e. The maximum atomic E-state index is 5.80. The van der Waals surface area contributed by atoms with Gasteiger partial charge in [-0.25, -0.2) is 0 Å². The summed E-state index contributed by atoms with van der Waals surface area (Å²) in [5.41, 5.74) is 5.49. The molecule has 2 atom stereocenters. The first-order valence-electron chi connectivity index (χ1n) is 9.87. The van der Waals surface area contributed by atoms with Gasteiger partial charge in [0.1, 0.15) is 5.75 Å². The fraction of sp³-hybridized carbons (Fsp3) is 0.304. The number of pyridine rings is 1. The average molecular weight is 407 g/mol. The quantitative estimate of drug-likeness (QED) is 0.585. The van der Waals surface area contributed by atoms with E-state index in [0.29, 0.717) is 5.11 Å². The number of benzene rings is 1. The monoisotopic (exact) mass is 406 g/mol. The van der Waals surface area contributed by atoms with Gasteiger partial charge in [-0.2, -0.15) is 0 Å². The predicted molar refractivity (Wildman–Crippen MR) is 120 cm³/mol. The molecule has 4 rings (SSSR count). The number of thiocarbonyl (C=S) groups is 1. The number of ether oxygens (including phenoxy) is 1. The van der Waals surface area contributed by atoms with Crippen LogP contribution in [0.1, 0.15) is 48.6 Å². The van der Waals surface area contributed by atoms with Crippen molar-refractivity contribution >= 4 is 23.0 Å². The molecule has 0 radical (unpaired) electrons. The first-order chi connectivity index (χ1) is 13.9. The van der Waals surface area contributed by atoms with Gasteiger partial charge in [-0.05, 0) is 87.9 Å². The lowest BCUT2D eigenvalue weighted by Crippen LogP contribution is -2.29. The molecule has 0 amide bonds. The minimum atomic E-state index is -0.0378. The summed E-state index contributed by atoms with van der Waals surface area (Å²) in [5, 5.41) is 4.20. The van der Waals surface area contributed by atoms with Crippen molar-refractivity contribution in [3.8, 4) is 5.75 Å². The minimum Gasteiger partial charge on any atom is -0.491 e. The topological polar surface area (TPSA) is 53.2 Å². The Labute approximate surface area is 177 Å². The van der Waals surface area contributed by atoms with Gasteiger partial charge < -0.3 is 19.9 Å². The summed E-state index contributed by atoms with van der Waals surface area (Å²) in [6.45, 7) is 8.24. The van der Waals surface area contributed by atoms with Crippen LogP contribution >= 0.6 is 12.2 Å². The first-order valence-corrected chi connectivity index (χ1v) is 10.3. The zero-order valence-electron chi connectivity index (χ0n) is 17.1. The van der Waals surface area contributed by atoms with Crippen molar-refractivity contribution in [1.29, 1.82) is 0 Å². The molecular weight excluding hydrogens is 380 g/mol. The zero-order valence-corrected chi connectivity index (χ0v) is 18.0. The SMILES string of the molecule is Cc1cc([C@@H]2[C@@H](c3ccccn3)NC(=S)N2c2ccc(OC(C)C)cc2)c(C)[nH]1. The fourth-order valence-corrected chi connectivity index (χ4v) is 4.31. The van der Waals surface area contributed by atoms with E-state index < -0.39 is 0 Å². The lowest BCUT2D eigenvalue weighted by Gasteiger charge is -2.28. The molecule has 1 saturated heterocycles. The van der Waals surface area contributed by atoms with Gasteiger partial charge in [0, 0.05) is 23.3 Å². The maximum absolute atomic E-state index is 5.80. The normalized spacial score (nSPS) is 18.9. The van der Waals surface area contributed by atoms with E-state index in [9.17, 15) is 0 Å². The number of nitrogens with one attached hydrogen (secondary N) is 2. The van der Waals surface area contributed by atoms with Gasteiger partial charge in [0.2, 0.25) is 0 Å². The summed E-state index contributed by atoms with van der Waals surface area (Å²) in [4.78, 5) is 10.2. The van der Waals surface area contributed by atoms with Crippen molar-refractivity contribution in [2.45, 2.75) is 45.9 Å². The van der Waals surface area contributed by atoms with E-state index in [1.165, 1.54) is 5.56 Å². The summed E-state index contributed by atoms with van der Waals surface area (Å²) in [6.07, 6.45) is 1.97. The molecule has 0 unspecified atom stereocenters. The van der Waals surface area contributed by atoms with Gasteiger partial charge in [0.05, 0.1) is 23.9 Å². The Hall–Kier alpha value is -2.86. The van der Waals surface area contributed by atoms with E-state index >= 15 is 0 Å². The number of rotatable bonds is 5. The van der Waals surface area contributed by atoms with Crippen LogP contribution in [0.4, 0.5) is 5.69 Å². The summed E-state index contributed by atoms with van der Waals surface area (Å²) in [7, 11) is 0. The van der Waals surface area contributed by atoms with E-state index in [4.69, 9.17) is 17.0 Å². The zero-order chi connectivity index (χ0) is 20.5. The molecule has 29 heavy (non-hydrogen) atoms. The molecule has 1 aliphatic rings. The van der Waals surface area contributed by atoms with Crippen LogP contribution in [0.15, 0.2) is 54.7 Å². The number of anilines is 1. The standard InChI is InChI=1S/C23H26N4OS/c1-14(2)28-18-10-8-17(9-11-18)27-22(19-13-15(3)25-16(19)4)21(26-23(27)29)20-7-5-6-12-24-20/h5-14,21-22,25H,1-4H3,(H,26,29)/t21-,22-/m1/s1. The van der Waals surface area contributed by atoms with Gasteiger partial charge in [-0.15, -0.1) is 0 Å². The highest BCUT2D eigenvalue weighted by Crippen LogP contribution is 2.42. The highest BCUT2D eigenvalue weighted by atomic mass is 32.1. The molecule has 1 aromatic carbocycles. The number of aryl methyl sites for hydroxylation is 2. The van der Waals surface area contributed by atoms with Gasteiger partial charge >= 0.3 is 0 Å². The molecule has 1 aliphatic heterocycles. The van der Waals surface area contributed by atoms with Crippen LogP contribution in [-0.4, -0.2) is 21.2 Å². The second-order valence-electron chi connectivity index (χ2n) is 7.69. The van der Waals surface area contributed by atoms with Crippen molar-refractivity contribution in [1.82, 2.24) is 15.3 Å². The van der Waals surface area contributed by atoms with Crippen LogP contribution in [0.25, 0.3) is 0 Å². The molecule has 0 bridgehead atoms. The minimum absolute atomic E-state index is 0.000725. The molecule has 0 saturated carbocycles. The summed E-state index contributed by atoms with van der Waals surface area (Å²) < 4.78 is 5.80. The number of aromatic nitrogens is 2. The predicted octanol–water partition coefficient (Wildman–Crippen LogP) is 4.99. The summed E-state index contributed by atoms with van der Waals surface area (Å²) >= 11 is 5.78. The van der Waals surface area contributed by atoms with Crippen molar-refractivity contribution in [2.24, 2.45) is 0 Å². The number of nitrogens with zero attached hydrogens (tertiary/aromatic N) is 2. The van der Waals surface area contributed by atoms with Gasteiger partial charge in [-0.1, -0.05) is 6.07 Å². The lowest BCUT2D eigenvalue weighted by atomic mass is 9.96. The smallest absolute Gasteiger partial charge is 0.174 e. The number of aromatic amines is 1. The van der Waals surface area contributed by atoms with Crippen LogP contribution < -0.4 is 15.0 Å². The Balaban J connectivity index is 1.77. The van der Waals surface area contributed by atoms with Gasteiger partial charge in [-0.3, -0.25) is 4.98 Å². The molecule has 150 valence electrons. The lowest BCUT2D eigenvalue weighted by molar-refractivity contribution is 0.242. The van der Waals surface area contributed by atoms with E-state index in [1.54, 1.807) is 0 Å². The molecule has 2 N–H and O–H groups in total. The van der Waals surface area contributed by atoms with E-state index in [-0.39, 0.29) is 18.2 Å². The molecule has 2 aromatic heterocycles. The molecule has 3 heterocycles. The Bertz CT molecular complexity index is 997. The van der Waals surface area contributed by atoms with Crippen LogP contribution in [-0.2, 0) is 0 Å². The highest BCUT2D eigenvalue weighted by Gasteiger charge is 2.41. The molecule has 6 heteroatoms. The largest absolute Gasteiger partial charge is 0.491 e. The second-order valence-corrected chi connectivity index (χ2v) is 8.08. The number of hydrogen-bond donors (Lipinski definition) is 2. The molecule has 5 nitrogen and oxygen atoms in total. The highest BCUT2D eigenvalue weighted by molar-refractivity contribution is 7.80. The molecule has 0 aliphatic carbocycles. The van der Waals surface area contributed by atoms with Crippen molar-refractivity contribution < 1.29 is 4.74 Å². The van der Waals surface area contributed by atoms with E-state index in [2.05, 4.69) is 52.2 Å². The second kappa shape index (κ2) is 7.87. The fourth-order valence-electron chi connectivity index (χ4n) is 3.96. The van der Waals surface area contributed by atoms with Crippen molar-refractivity contribution in [3.63, 3.8) is 0 Å².